The molecule has 0 fully saturated rings. The molecule has 0 aliphatic rings. The van der Waals surface area contributed by atoms with Gasteiger partial charge in [0, 0.05) is 6.42 Å². The summed E-state index contributed by atoms with van der Waals surface area (Å²) in [7, 11) is 0. The van der Waals surface area contributed by atoms with Crippen molar-refractivity contribution in [1.29, 1.82) is 0 Å². The molecule has 1 atom stereocenters. The first kappa shape index (κ1) is 13.4. The quantitative estimate of drug-likeness (QED) is 0.687. The molecule has 0 aromatic carbocycles. The normalized spacial score (nSPS) is 13.4. The van der Waals surface area contributed by atoms with Crippen LogP contribution in [0.15, 0.2) is 0 Å². The van der Waals surface area contributed by atoms with E-state index in [2.05, 4.69) is 0 Å². The molecule has 0 aromatic heterocycles. The summed E-state index contributed by atoms with van der Waals surface area (Å²) in [5.41, 5.74) is 0. The largest absolute Gasteiger partial charge is 0.393 e. The van der Waals surface area contributed by atoms with Crippen molar-refractivity contribution in [2.75, 3.05) is 0 Å². The Bertz CT molecular complexity index is 76.7. The van der Waals surface area contributed by atoms with E-state index in [0.29, 0.717) is 0 Å². The third-order valence-corrected chi connectivity index (χ3v) is 1.00. The van der Waals surface area contributed by atoms with Crippen LogP contribution < -0.4 is 0 Å². The van der Waals surface area contributed by atoms with Crippen molar-refractivity contribution in [2.24, 2.45) is 0 Å². The van der Waals surface area contributed by atoms with Crippen LogP contribution in [-0.4, -0.2) is 17.1 Å². The van der Waals surface area contributed by atoms with E-state index in [-0.39, 0.29) is 12.8 Å². The van der Waals surface area contributed by atoms with Gasteiger partial charge in [-0.15, -0.1) is 0 Å². The SMILES string of the molecule is CC.CC(O)CCC(C)(F)F. The second kappa shape index (κ2) is 6.53. The average molecular weight is 168 g/mol. The van der Waals surface area contributed by atoms with Gasteiger partial charge in [-0.2, -0.15) is 0 Å². The summed E-state index contributed by atoms with van der Waals surface area (Å²) in [4.78, 5) is 0. The molecule has 0 radical (unpaired) electrons. The van der Waals surface area contributed by atoms with Crippen LogP contribution in [0.25, 0.3) is 0 Å². The van der Waals surface area contributed by atoms with Gasteiger partial charge in [0.2, 0.25) is 5.92 Å². The molecule has 0 saturated carbocycles. The Kier molecular flexibility index (Phi) is 7.96. The molecule has 0 bridgehead atoms. The third kappa shape index (κ3) is 17.7. The molecular weight excluding hydrogens is 150 g/mol. The summed E-state index contributed by atoms with van der Waals surface area (Å²) in [5.74, 6) is -2.63. The fourth-order valence-corrected chi connectivity index (χ4v) is 0.462. The molecule has 0 saturated heterocycles. The number of hydrogen-bond donors (Lipinski definition) is 1. The van der Waals surface area contributed by atoms with Crippen LogP contribution in [0.3, 0.4) is 0 Å². The molecule has 0 aromatic rings. The minimum absolute atomic E-state index is 0.170. The minimum atomic E-state index is -2.63. The van der Waals surface area contributed by atoms with Crippen molar-refractivity contribution in [2.45, 2.75) is 52.6 Å². The van der Waals surface area contributed by atoms with Gasteiger partial charge in [-0.3, -0.25) is 0 Å². The second-order valence-corrected chi connectivity index (χ2v) is 2.46. The average Bonchev–Trinajstić information content (AvgIpc) is 1.87. The monoisotopic (exact) mass is 168 g/mol. The van der Waals surface area contributed by atoms with Crippen LogP contribution in [0.2, 0.25) is 0 Å². The lowest BCUT2D eigenvalue weighted by molar-refractivity contribution is -0.000227. The Labute approximate surface area is 67.4 Å². The molecule has 3 heteroatoms. The standard InChI is InChI=1S/C6H12F2O.C2H6/c1-5(9)3-4-6(2,7)8;1-2/h5,9H,3-4H2,1-2H3;1-2H3. The van der Waals surface area contributed by atoms with E-state index < -0.39 is 12.0 Å². The number of aliphatic hydroxyl groups is 1. The summed E-state index contributed by atoms with van der Waals surface area (Å²) >= 11 is 0. The van der Waals surface area contributed by atoms with E-state index in [4.69, 9.17) is 5.11 Å². The predicted octanol–water partition coefficient (Wildman–Crippen LogP) is 2.83. The molecule has 1 N–H and O–H groups in total. The number of rotatable bonds is 3. The van der Waals surface area contributed by atoms with E-state index in [1.54, 1.807) is 0 Å². The molecule has 1 nitrogen and oxygen atoms in total. The van der Waals surface area contributed by atoms with Gasteiger partial charge >= 0.3 is 0 Å². The van der Waals surface area contributed by atoms with Crippen molar-refractivity contribution >= 4 is 0 Å². The highest BCUT2D eigenvalue weighted by Crippen LogP contribution is 2.19. The van der Waals surface area contributed by atoms with Gasteiger partial charge < -0.3 is 5.11 Å². The highest BCUT2D eigenvalue weighted by Gasteiger charge is 2.20. The molecule has 0 spiro atoms. The maximum Gasteiger partial charge on any atom is 0.245 e. The Hall–Kier alpha value is -0.180. The van der Waals surface area contributed by atoms with Crippen molar-refractivity contribution in [3.8, 4) is 0 Å². The second-order valence-electron chi connectivity index (χ2n) is 2.46. The van der Waals surface area contributed by atoms with E-state index in [1.807, 2.05) is 13.8 Å². The van der Waals surface area contributed by atoms with E-state index in [0.717, 1.165) is 6.92 Å². The summed E-state index contributed by atoms with van der Waals surface area (Å²) in [6, 6.07) is 0. The van der Waals surface area contributed by atoms with Crippen LogP contribution in [0, 0.1) is 0 Å². The van der Waals surface area contributed by atoms with Gasteiger partial charge in [-0.25, -0.2) is 8.78 Å². The van der Waals surface area contributed by atoms with Gasteiger partial charge in [0.25, 0.3) is 0 Å². The summed E-state index contributed by atoms with van der Waals surface area (Å²) in [6.45, 7) is 6.36. The van der Waals surface area contributed by atoms with Crippen molar-refractivity contribution in [3.63, 3.8) is 0 Å². The Morgan fingerprint density at radius 1 is 1.36 bits per heavy atom. The zero-order valence-electron chi connectivity index (χ0n) is 7.69. The maximum atomic E-state index is 12.0. The minimum Gasteiger partial charge on any atom is -0.393 e. The van der Waals surface area contributed by atoms with Crippen molar-refractivity contribution in [3.05, 3.63) is 0 Å². The summed E-state index contributed by atoms with van der Waals surface area (Å²) in [5, 5.41) is 8.58. The molecule has 11 heavy (non-hydrogen) atoms. The van der Waals surface area contributed by atoms with Crippen molar-refractivity contribution in [1.82, 2.24) is 0 Å². The molecule has 0 aliphatic heterocycles. The number of aliphatic hydroxyl groups excluding tert-OH is 1. The van der Waals surface area contributed by atoms with Crippen LogP contribution in [0.4, 0.5) is 8.78 Å². The zero-order valence-corrected chi connectivity index (χ0v) is 7.69. The fourth-order valence-electron chi connectivity index (χ4n) is 0.462. The first-order valence-electron chi connectivity index (χ1n) is 3.98. The van der Waals surface area contributed by atoms with Gasteiger partial charge in [0.15, 0.2) is 0 Å². The smallest absolute Gasteiger partial charge is 0.245 e. The van der Waals surface area contributed by atoms with E-state index in [9.17, 15) is 8.78 Å². The molecule has 0 heterocycles. The molecule has 0 rings (SSSR count). The zero-order chi connectivity index (χ0) is 9.49. The number of alkyl halides is 2. The molecule has 70 valence electrons. The lowest BCUT2D eigenvalue weighted by Crippen LogP contribution is -2.13. The first-order valence-corrected chi connectivity index (χ1v) is 3.98. The number of hydrogen-bond acceptors (Lipinski definition) is 1. The third-order valence-electron chi connectivity index (χ3n) is 1.00. The van der Waals surface area contributed by atoms with E-state index >= 15 is 0 Å². The van der Waals surface area contributed by atoms with Gasteiger partial charge in [-0.1, -0.05) is 13.8 Å². The topological polar surface area (TPSA) is 20.2 Å². The van der Waals surface area contributed by atoms with Crippen LogP contribution in [-0.2, 0) is 0 Å². The van der Waals surface area contributed by atoms with Crippen LogP contribution in [0.5, 0.6) is 0 Å². The molecule has 1 unspecified atom stereocenters. The molecular formula is C8H18F2O. The van der Waals surface area contributed by atoms with Gasteiger partial charge in [0.1, 0.15) is 0 Å². The summed E-state index contributed by atoms with van der Waals surface area (Å²) < 4.78 is 23.9. The van der Waals surface area contributed by atoms with Crippen LogP contribution in [0.1, 0.15) is 40.5 Å². The predicted molar refractivity (Wildman–Crippen MR) is 42.9 cm³/mol. The Morgan fingerprint density at radius 3 is 1.82 bits per heavy atom. The highest BCUT2D eigenvalue weighted by molar-refractivity contribution is 4.59. The fraction of sp³-hybridized carbons (Fsp3) is 1.00. The van der Waals surface area contributed by atoms with E-state index in [1.165, 1.54) is 6.92 Å². The Morgan fingerprint density at radius 2 is 1.73 bits per heavy atom. The van der Waals surface area contributed by atoms with Gasteiger partial charge in [0.05, 0.1) is 6.10 Å². The van der Waals surface area contributed by atoms with Gasteiger partial charge in [-0.05, 0) is 20.3 Å². The Balaban J connectivity index is 0. The summed E-state index contributed by atoms with van der Waals surface area (Å²) in [6.07, 6.45) is -0.676. The number of halogens is 2. The first-order chi connectivity index (χ1) is 4.92. The lowest BCUT2D eigenvalue weighted by atomic mass is 10.1. The van der Waals surface area contributed by atoms with Crippen LogP contribution >= 0.6 is 0 Å². The van der Waals surface area contributed by atoms with Crippen molar-refractivity contribution < 1.29 is 13.9 Å². The molecule has 0 aliphatic carbocycles. The maximum absolute atomic E-state index is 12.0. The lowest BCUT2D eigenvalue weighted by Gasteiger charge is -2.10. The highest BCUT2D eigenvalue weighted by atomic mass is 19.3. The molecule has 0 amide bonds.